The third kappa shape index (κ3) is 5.39. The first-order valence-electron chi connectivity index (χ1n) is 8.65. The molecule has 1 amide bonds. The van der Waals surface area contributed by atoms with Crippen molar-refractivity contribution in [3.05, 3.63) is 46.5 Å². The number of rotatable bonds is 4. The number of carbonyl (C=O) groups excluding carboxylic acids is 1. The van der Waals surface area contributed by atoms with Crippen molar-refractivity contribution in [2.45, 2.75) is 37.9 Å². The lowest BCUT2D eigenvalue weighted by molar-refractivity contribution is -0.118. The molecule has 2 aliphatic rings. The van der Waals surface area contributed by atoms with Crippen molar-refractivity contribution < 1.29 is 13.6 Å². The van der Waals surface area contributed by atoms with Crippen LogP contribution >= 0.6 is 36.2 Å². The summed E-state index contributed by atoms with van der Waals surface area (Å²) in [4.78, 5) is 20.1. The number of hydrogen-bond acceptors (Lipinski definition) is 5. The molecule has 0 radical (unpaired) electrons. The lowest BCUT2D eigenvalue weighted by atomic mass is 10.1. The maximum absolute atomic E-state index is 13.2. The maximum atomic E-state index is 13.2. The molecule has 1 fully saturated rings. The van der Waals surface area contributed by atoms with Gasteiger partial charge in [0.2, 0.25) is 5.91 Å². The second-order valence-electron chi connectivity index (χ2n) is 6.82. The first-order valence-corrected chi connectivity index (χ1v) is 9.47. The van der Waals surface area contributed by atoms with E-state index in [1.807, 2.05) is 18.2 Å². The van der Waals surface area contributed by atoms with Crippen LogP contribution in [0.25, 0.3) is 0 Å². The van der Waals surface area contributed by atoms with Gasteiger partial charge in [0, 0.05) is 37.4 Å². The predicted octanol–water partition coefficient (Wildman–Crippen LogP) is 3.48. The summed E-state index contributed by atoms with van der Waals surface area (Å²) < 4.78 is 26.5. The molecular formula is C18H22Cl2F2N4OS. The summed E-state index contributed by atoms with van der Waals surface area (Å²) in [5.74, 6) is -3.25. The summed E-state index contributed by atoms with van der Waals surface area (Å²) in [5, 5.41) is 5.77. The predicted molar refractivity (Wildman–Crippen MR) is 111 cm³/mol. The molecule has 1 unspecified atom stereocenters. The van der Waals surface area contributed by atoms with E-state index in [1.54, 1.807) is 0 Å². The third-order valence-electron chi connectivity index (χ3n) is 4.72. The minimum absolute atomic E-state index is 0. The highest BCUT2D eigenvalue weighted by molar-refractivity contribution is 7.15. The fourth-order valence-electron chi connectivity index (χ4n) is 3.37. The molecule has 10 heteroatoms. The van der Waals surface area contributed by atoms with Gasteiger partial charge in [0.15, 0.2) is 5.13 Å². The Kier molecular flexibility index (Phi) is 7.75. The summed E-state index contributed by atoms with van der Waals surface area (Å²) in [5.41, 5.74) is 2.27. The van der Waals surface area contributed by atoms with E-state index in [1.165, 1.54) is 16.9 Å². The average Bonchev–Trinajstić information content (AvgIpc) is 3.17. The number of carbonyl (C=O) groups is 1. The molecule has 4 rings (SSSR count). The number of alkyl halides is 2. The Morgan fingerprint density at radius 2 is 2.07 bits per heavy atom. The monoisotopic (exact) mass is 450 g/mol. The van der Waals surface area contributed by atoms with Crippen LogP contribution in [0.2, 0.25) is 0 Å². The molecule has 0 aliphatic carbocycles. The van der Waals surface area contributed by atoms with E-state index in [-0.39, 0.29) is 24.8 Å². The first-order chi connectivity index (χ1) is 12.5. The van der Waals surface area contributed by atoms with Crippen LogP contribution in [-0.2, 0) is 24.3 Å². The van der Waals surface area contributed by atoms with E-state index in [0.717, 1.165) is 36.6 Å². The lowest BCUT2D eigenvalue weighted by Gasteiger charge is -2.25. The molecule has 28 heavy (non-hydrogen) atoms. The molecule has 1 aromatic heterocycles. The van der Waals surface area contributed by atoms with Crippen LogP contribution in [0.5, 0.6) is 0 Å². The van der Waals surface area contributed by atoms with Gasteiger partial charge in [0.25, 0.3) is 5.92 Å². The molecule has 0 saturated carbocycles. The van der Waals surface area contributed by atoms with Crippen molar-refractivity contribution in [1.29, 1.82) is 0 Å². The Bertz CT molecular complexity index is 806. The van der Waals surface area contributed by atoms with E-state index in [9.17, 15) is 13.6 Å². The van der Waals surface area contributed by atoms with Crippen LogP contribution in [0.1, 0.15) is 22.6 Å². The van der Waals surface area contributed by atoms with Crippen LogP contribution in [0, 0.1) is 0 Å². The summed E-state index contributed by atoms with van der Waals surface area (Å²) in [6.07, 6.45) is 0.364. The van der Waals surface area contributed by atoms with Gasteiger partial charge in [-0.1, -0.05) is 30.3 Å². The fourth-order valence-corrected chi connectivity index (χ4v) is 4.43. The molecule has 3 heterocycles. The molecule has 1 saturated heterocycles. The third-order valence-corrected chi connectivity index (χ3v) is 5.71. The van der Waals surface area contributed by atoms with Crippen molar-refractivity contribution >= 4 is 47.2 Å². The molecule has 2 aliphatic heterocycles. The van der Waals surface area contributed by atoms with Gasteiger partial charge in [-0.2, -0.15) is 0 Å². The van der Waals surface area contributed by atoms with Crippen molar-refractivity contribution in [3.63, 3.8) is 0 Å². The zero-order chi connectivity index (χ0) is 18.1. The minimum Gasteiger partial charge on any atom is -0.301 e. The Morgan fingerprint density at radius 1 is 1.32 bits per heavy atom. The van der Waals surface area contributed by atoms with Crippen LogP contribution in [-0.4, -0.2) is 40.8 Å². The van der Waals surface area contributed by atoms with Gasteiger partial charge in [0.1, 0.15) is 0 Å². The zero-order valence-corrected chi connectivity index (χ0v) is 17.4. The zero-order valence-electron chi connectivity index (χ0n) is 15.0. The molecular weight excluding hydrogens is 429 g/mol. The number of halogens is 4. The van der Waals surface area contributed by atoms with Gasteiger partial charge in [-0.15, -0.1) is 36.2 Å². The number of fused-ring (bicyclic) bond motifs is 1. The van der Waals surface area contributed by atoms with E-state index >= 15 is 0 Å². The highest BCUT2D eigenvalue weighted by Gasteiger charge is 2.42. The van der Waals surface area contributed by atoms with E-state index in [4.69, 9.17) is 0 Å². The van der Waals surface area contributed by atoms with Gasteiger partial charge in [-0.25, -0.2) is 13.8 Å². The topological polar surface area (TPSA) is 57.3 Å². The van der Waals surface area contributed by atoms with Crippen molar-refractivity contribution in [1.82, 2.24) is 15.2 Å². The summed E-state index contributed by atoms with van der Waals surface area (Å²) >= 11 is 1.44. The van der Waals surface area contributed by atoms with Gasteiger partial charge >= 0.3 is 0 Å². The number of benzene rings is 1. The minimum atomic E-state index is -2.82. The molecule has 1 aromatic carbocycles. The number of aromatic nitrogens is 1. The Balaban J connectivity index is 0.00000140. The molecule has 0 spiro atoms. The number of nitrogens with one attached hydrogen (secondary N) is 2. The fraction of sp³-hybridized carbons (Fsp3) is 0.444. The first kappa shape index (κ1) is 23.0. The molecule has 0 bridgehead atoms. The molecule has 154 valence electrons. The normalized spacial score (nSPS) is 20.6. The SMILES string of the molecule is Cl.Cl.O=C(Nc1nc2c(s1)CN(Cc1ccccc1)CC2)C1CC(F)(F)CN1. The van der Waals surface area contributed by atoms with Crippen molar-refractivity contribution in [2.75, 3.05) is 18.4 Å². The average molecular weight is 451 g/mol. The Hall–Kier alpha value is -1.32. The Morgan fingerprint density at radius 3 is 2.75 bits per heavy atom. The maximum Gasteiger partial charge on any atom is 0.262 e. The van der Waals surface area contributed by atoms with Crippen molar-refractivity contribution in [3.8, 4) is 0 Å². The summed E-state index contributed by atoms with van der Waals surface area (Å²) in [6, 6.07) is 9.43. The van der Waals surface area contributed by atoms with Crippen LogP contribution in [0.3, 0.4) is 0 Å². The van der Waals surface area contributed by atoms with Gasteiger partial charge in [0.05, 0.1) is 18.3 Å². The van der Waals surface area contributed by atoms with E-state index in [0.29, 0.717) is 5.13 Å². The van der Waals surface area contributed by atoms with Crippen molar-refractivity contribution in [2.24, 2.45) is 0 Å². The van der Waals surface area contributed by atoms with E-state index < -0.39 is 30.8 Å². The van der Waals surface area contributed by atoms with Gasteiger partial charge < -0.3 is 5.32 Å². The smallest absolute Gasteiger partial charge is 0.262 e. The molecule has 1 atom stereocenters. The number of hydrogen-bond donors (Lipinski definition) is 2. The number of thiazole rings is 1. The second kappa shape index (κ2) is 9.45. The van der Waals surface area contributed by atoms with Crippen LogP contribution in [0.4, 0.5) is 13.9 Å². The summed E-state index contributed by atoms with van der Waals surface area (Å²) in [7, 11) is 0. The molecule has 5 nitrogen and oxygen atoms in total. The van der Waals surface area contributed by atoms with Crippen LogP contribution < -0.4 is 10.6 Å². The number of amides is 1. The highest BCUT2D eigenvalue weighted by atomic mass is 35.5. The highest BCUT2D eigenvalue weighted by Crippen LogP contribution is 2.30. The quantitative estimate of drug-likeness (QED) is 0.748. The molecule has 2 aromatic rings. The standard InChI is InChI=1S/C18H20F2N4OS.2ClH/c19-18(20)8-14(21-11-18)16(25)23-17-22-13-6-7-24(10-15(13)26-17)9-12-4-2-1-3-5-12;;/h1-5,14,21H,6-11H2,(H,22,23,25);2*1H. The van der Waals surface area contributed by atoms with Gasteiger partial charge in [-0.05, 0) is 5.56 Å². The second-order valence-corrected chi connectivity index (χ2v) is 7.90. The number of anilines is 1. The molecule has 2 N–H and O–H groups in total. The largest absolute Gasteiger partial charge is 0.301 e. The van der Waals surface area contributed by atoms with Crippen LogP contribution in [0.15, 0.2) is 30.3 Å². The lowest BCUT2D eigenvalue weighted by Crippen LogP contribution is -2.35. The summed E-state index contributed by atoms with van der Waals surface area (Å²) in [6.45, 7) is 2.13. The van der Waals surface area contributed by atoms with Gasteiger partial charge in [-0.3, -0.25) is 15.0 Å². The Labute approximate surface area is 178 Å². The van der Waals surface area contributed by atoms with E-state index in [2.05, 4.69) is 32.7 Å². The number of nitrogens with zero attached hydrogens (tertiary/aromatic N) is 2.